The number of morpholine rings is 1. The van der Waals surface area contributed by atoms with Gasteiger partial charge in [0.2, 0.25) is 0 Å². The lowest BCUT2D eigenvalue weighted by atomic mass is 9.93. The number of piperidine rings is 1. The Morgan fingerprint density at radius 3 is 2.67 bits per heavy atom. The number of thiazole rings is 1. The minimum atomic E-state index is 0.396. The van der Waals surface area contributed by atoms with Gasteiger partial charge in [0.05, 0.1) is 40.8 Å². The quantitative estimate of drug-likeness (QED) is 0.467. The molecule has 152 valence electrons. The molecular weight excluding hydrogens is 398 g/mol. The summed E-state index contributed by atoms with van der Waals surface area (Å²) in [4.78, 5) is 4.58. The lowest BCUT2D eigenvalue weighted by molar-refractivity contribution is 0.0207. The van der Waals surface area contributed by atoms with Crippen LogP contribution in [0, 0.1) is 0 Å². The number of aromatic nitrogens is 5. The molecule has 0 saturated carbocycles. The second-order valence-electron chi connectivity index (χ2n) is 7.89. The first kappa shape index (κ1) is 17.9. The van der Waals surface area contributed by atoms with Crippen molar-refractivity contribution < 1.29 is 4.74 Å². The smallest absolute Gasteiger partial charge is 0.148 e. The highest BCUT2D eigenvalue weighted by atomic mass is 32.1. The normalized spacial score (nSPS) is 23.5. The molecule has 2 saturated heterocycles. The maximum Gasteiger partial charge on any atom is 0.148 e. The fourth-order valence-corrected chi connectivity index (χ4v) is 5.34. The van der Waals surface area contributed by atoms with Gasteiger partial charge in [0, 0.05) is 41.0 Å². The Hall–Kier alpha value is -2.88. The standard InChI is InChI=1S/C21H21N7OS/c1-2-17(21-20(22-11-30-21)16(1)12-7-23-24-8-12)18-3-4-19(28-27-18)26-13-5-14-9-29-10-15(6-13)25-14/h1-4,7-8,11,13-15,25H,5-6,9-10H2,(H,23,24)(H,26,28)/t13?,14-,15+. The minimum absolute atomic E-state index is 0.396. The molecule has 8 nitrogen and oxygen atoms in total. The summed E-state index contributed by atoms with van der Waals surface area (Å²) in [5.41, 5.74) is 6.83. The lowest BCUT2D eigenvalue weighted by Crippen LogP contribution is -2.56. The van der Waals surface area contributed by atoms with E-state index in [1.54, 1.807) is 11.3 Å². The second kappa shape index (κ2) is 7.42. The first-order valence-electron chi connectivity index (χ1n) is 10.1. The molecule has 30 heavy (non-hydrogen) atoms. The number of hydrogen-bond acceptors (Lipinski definition) is 8. The summed E-state index contributed by atoms with van der Waals surface area (Å²) in [5, 5.41) is 23.1. The average Bonchev–Trinajstić information content (AvgIpc) is 3.46. The molecular formula is C21H21N7OS. The van der Waals surface area contributed by atoms with Crippen molar-refractivity contribution in [2.75, 3.05) is 18.5 Å². The molecule has 3 aromatic heterocycles. The van der Waals surface area contributed by atoms with Crippen LogP contribution in [0.15, 0.2) is 42.2 Å². The van der Waals surface area contributed by atoms with E-state index in [9.17, 15) is 0 Å². The van der Waals surface area contributed by atoms with Gasteiger partial charge in [0.1, 0.15) is 5.82 Å². The van der Waals surface area contributed by atoms with Crippen molar-refractivity contribution in [2.24, 2.45) is 0 Å². The van der Waals surface area contributed by atoms with Crippen LogP contribution in [-0.4, -0.2) is 56.7 Å². The highest BCUT2D eigenvalue weighted by molar-refractivity contribution is 7.17. The summed E-state index contributed by atoms with van der Waals surface area (Å²) >= 11 is 1.62. The topological polar surface area (TPSA) is 101 Å². The van der Waals surface area contributed by atoms with Crippen molar-refractivity contribution >= 4 is 27.4 Å². The number of rotatable bonds is 4. The third kappa shape index (κ3) is 3.24. The van der Waals surface area contributed by atoms with Gasteiger partial charge in [-0.25, -0.2) is 4.98 Å². The van der Waals surface area contributed by atoms with E-state index in [1.807, 2.05) is 30.0 Å². The number of fused-ring (bicyclic) bond motifs is 3. The second-order valence-corrected chi connectivity index (χ2v) is 8.75. The van der Waals surface area contributed by atoms with Gasteiger partial charge < -0.3 is 15.4 Å². The summed E-state index contributed by atoms with van der Waals surface area (Å²) in [6, 6.07) is 9.47. The van der Waals surface area contributed by atoms with Gasteiger partial charge in [-0.3, -0.25) is 5.10 Å². The molecule has 2 fully saturated rings. The summed E-state index contributed by atoms with van der Waals surface area (Å²) in [5.74, 6) is 0.820. The van der Waals surface area contributed by atoms with Gasteiger partial charge in [0.15, 0.2) is 0 Å². The predicted octanol–water partition coefficient (Wildman–Crippen LogP) is 3.07. The largest absolute Gasteiger partial charge is 0.378 e. The van der Waals surface area contributed by atoms with E-state index in [0.717, 1.165) is 64.5 Å². The van der Waals surface area contributed by atoms with Gasteiger partial charge in [-0.05, 0) is 25.0 Å². The van der Waals surface area contributed by atoms with Crippen LogP contribution >= 0.6 is 11.3 Å². The van der Waals surface area contributed by atoms with Gasteiger partial charge in [0.25, 0.3) is 0 Å². The van der Waals surface area contributed by atoms with Crippen molar-refractivity contribution in [3.05, 3.63) is 42.2 Å². The monoisotopic (exact) mass is 419 g/mol. The molecule has 9 heteroatoms. The number of aromatic amines is 1. The van der Waals surface area contributed by atoms with E-state index in [0.29, 0.717) is 18.1 Å². The van der Waals surface area contributed by atoms with Gasteiger partial charge >= 0.3 is 0 Å². The molecule has 4 aromatic rings. The number of ether oxygens (including phenoxy) is 1. The van der Waals surface area contributed by atoms with Crippen molar-refractivity contribution in [1.82, 2.24) is 30.7 Å². The van der Waals surface area contributed by atoms with Crippen molar-refractivity contribution in [3.8, 4) is 22.4 Å². The Balaban J connectivity index is 1.25. The number of H-pyrrole nitrogens is 1. The van der Waals surface area contributed by atoms with E-state index in [4.69, 9.17) is 4.74 Å². The fraction of sp³-hybridized carbons (Fsp3) is 0.333. The van der Waals surface area contributed by atoms with Gasteiger partial charge in [-0.2, -0.15) is 5.10 Å². The minimum Gasteiger partial charge on any atom is -0.378 e. The molecule has 2 bridgehead atoms. The van der Waals surface area contributed by atoms with Crippen molar-refractivity contribution in [1.29, 1.82) is 0 Å². The van der Waals surface area contributed by atoms with Crippen LogP contribution in [0.25, 0.3) is 32.6 Å². The molecule has 2 aliphatic rings. The number of anilines is 1. The Morgan fingerprint density at radius 2 is 1.90 bits per heavy atom. The fourth-order valence-electron chi connectivity index (χ4n) is 4.50. The molecule has 1 unspecified atom stereocenters. The zero-order valence-corrected chi connectivity index (χ0v) is 17.0. The number of nitrogens with zero attached hydrogens (tertiary/aromatic N) is 4. The lowest BCUT2D eigenvalue weighted by Gasteiger charge is -2.40. The van der Waals surface area contributed by atoms with Crippen LogP contribution in [0.1, 0.15) is 12.8 Å². The van der Waals surface area contributed by atoms with E-state index >= 15 is 0 Å². The predicted molar refractivity (Wildman–Crippen MR) is 116 cm³/mol. The maximum absolute atomic E-state index is 5.63. The average molecular weight is 420 g/mol. The van der Waals surface area contributed by atoms with E-state index in [1.165, 1.54) is 0 Å². The number of nitrogens with one attached hydrogen (secondary N) is 3. The highest BCUT2D eigenvalue weighted by Crippen LogP contribution is 2.36. The van der Waals surface area contributed by atoms with Crippen molar-refractivity contribution in [2.45, 2.75) is 31.0 Å². The zero-order chi connectivity index (χ0) is 19.9. The Labute approximate surface area is 177 Å². The zero-order valence-electron chi connectivity index (χ0n) is 16.2. The molecule has 0 amide bonds. The summed E-state index contributed by atoms with van der Waals surface area (Å²) in [7, 11) is 0. The third-order valence-electron chi connectivity index (χ3n) is 5.83. The van der Waals surface area contributed by atoms with Crippen molar-refractivity contribution in [3.63, 3.8) is 0 Å². The first-order chi connectivity index (χ1) is 14.8. The highest BCUT2D eigenvalue weighted by Gasteiger charge is 2.31. The molecule has 0 radical (unpaired) electrons. The van der Waals surface area contributed by atoms with Crippen LogP contribution in [0.3, 0.4) is 0 Å². The van der Waals surface area contributed by atoms with Crippen LogP contribution < -0.4 is 10.6 Å². The summed E-state index contributed by atoms with van der Waals surface area (Å²) in [6.07, 6.45) is 5.78. The molecule has 5 heterocycles. The van der Waals surface area contributed by atoms with E-state index < -0.39 is 0 Å². The van der Waals surface area contributed by atoms with Crippen LogP contribution in [0.2, 0.25) is 0 Å². The van der Waals surface area contributed by atoms with Crippen LogP contribution in [0.5, 0.6) is 0 Å². The number of hydrogen-bond donors (Lipinski definition) is 3. The Bertz CT molecular complexity index is 1150. The molecule has 6 rings (SSSR count). The molecule has 3 N–H and O–H groups in total. The van der Waals surface area contributed by atoms with Gasteiger partial charge in [-0.15, -0.1) is 21.5 Å². The molecule has 0 spiro atoms. The number of benzene rings is 1. The third-order valence-corrected chi connectivity index (χ3v) is 6.69. The molecule has 0 aliphatic carbocycles. The first-order valence-corrected chi connectivity index (χ1v) is 11.0. The molecule has 1 aromatic carbocycles. The van der Waals surface area contributed by atoms with Crippen LogP contribution in [0.4, 0.5) is 5.82 Å². The molecule has 3 atom stereocenters. The Kier molecular flexibility index (Phi) is 4.44. The SMILES string of the molecule is c1nc2c(-c3cn[nH]c3)ccc(-c3ccc(NC4C[C@H]5COC[C@@H](C4)N5)nn3)c2s1. The van der Waals surface area contributed by atoms with Gasteiger partial charge in [-0.1, -0.05) is 12.1 Å². The van der Waals surface area contributed by atoms with E-state index in [-0.39, 0.29) is 0 Å². The Morgan fingerprint density at radius 1 is 1.03 bits per heavy atom. The molecule has 2 aliphatic heterocycles. The summed E-state index contributed by atoms with van der Waals surface area (Å²) < 4.78 is 6.74. The summed E-state index contributed by atoms with van der Waals surface area (Å²) in [6.45, 7) is 1.58. The van der Waals surface area contributed by atoms with Crippen LogP contribution in [-0.2, 0) is 4.74 Å². The maximum atomic E-state index is 5.63. The van der Waals surface area contributed by atoms with E-state index in [2.05, 4.69) is 48.1 Å².